The topological polar surface area (TPSA) is 80.5 Å². The number of nitrogens with two attached hydrogens (primary N) is 1. The van der Waals surface area contributed by atoms with Gasteiger partial charge >= 0.3 is 0 Å². The van der Waals surface area contributed by atoms with Gasteiger partial charge in [-0.25, -0.2) is 13.6 Å². The summed E-state index contributed by atoms with van der Waals surface area (Å²) in [6, 6.07) is 4.76. The molecule has 0 aromatic heterocycles. The van der Waals surface area contributed by atoms with Gasteiger partial charge in [0.15, 0.2) is 0 Å². The van der Waals surface area contributed by atoms with Gasteiger partial charge in [-0.2, -0.15) is 0 Å². The average Bonchev–Trinajstić information content (AvgIpc) is 2.76. The van der Waals surface area contributed by atoms with Gasteiger partial charge in [0.1, 0.15) is 0 Å². The number of aryl methyl sites for hydroxylation is 1. The van der Waals surface area contributed by atoms with Crippen LogP contribution in [0.15, 0.2) is 23.1 Å². The van der Waals surface area contributed by atoms with Crippen molar-refractivity contribution in [2.24, 2.45) is 10.6 Å². The zero-order valence-electron chi connectivity index (χ0n) is 12.7. The van der Waals surface area contributed by atoms with Gasteiger partial charge in [-0.1, -0.05) is 26.8 Å². The molecule has 1 aliphatic rings. The Morgan fingerprint density at radius 3 is 2.52 bits per heavy atom. The van der Waals surface area contributed by atoms with Crippen LogP contribution in [-0.2, 0) is 16.4 Å². The van der Waals surface area contributed by atoms with Crippen molar-refractivity contribution in [3.05, 3.63) is 29.3 Å². The highest BCUT2D eigenvalue weighted by atomic mass is 32.2. The lowest BCUT2D eigenvalue weighted by Gasteiger charge is -2.20. The minimum atomic E-state index is -3.82. The first-order chi connectivity index (χ1) is 9.64. The van der Waals surface area contributed by atoms with E-state index >= 15 is 0 Å². The van der Waals surface area contributed by atoms with Crippen LogP contribution in [0.3, 0.4) is 0 Å². The maximum atomic E-state index is 12.5. The maximum Gasteiger partial charge on any atom is 0.253 e. The molecule has 2 rings (SSSR count). The van der Waals surface area contributed by atoms with Crippen LogP contribution in [-0.4, -0.2) is 32.3 Å². The molecule has 1 heterocycles. The average molecular weight is 310 g/mol. The molecular weight excluding hydrogens is 288 g/mol. The predicted molar refractivity (Wildman–Crippen MR) is 81.5 cm³/mol. The Labute approximate surface area is 126 Å². The second kappa shape index (κ2) is 5.42. The fourth-order valence-corrected chi connectivity index (χ4v) is 3.58. The van der Waals surface area contributed by atoms with Crippen molar-refractivity contribution in [3.8, 4) is 0 Å². The lowest BCUT2D eigenvalue weighted by molar-refractivity contribution is 0.0778. The lowest BCUT2D eigenvalue weighted by Crippen LogP contribution is -2.30. The maximum absolute atomic E-state index is 12.5. The van der Waals surface area contributed by atoms with Crippen LogP contribution in [0.5, 0.6) is 0 Å². The molecular formula is C15H22N2O3S. The first-order valence-electron chi connectivity index (χ1n) is 7.09. The quantitative estimate of drug-likeness (QED) is 0.924. The highest BCUT2D eigenvalue weighted by molar-refractivity contribution is 7.89. The standard InChI is InChI=1S/C15H22N2O3S/c1-4-11-5-6-12(9-13(11)21(16,19)20)14(18)17-8-7-15(2,3)10-17/h5-6,9H,4,7-8,10H2,1-3H3,(H2,16,19,20). The lowest BCUT2D eigenvalue weighted by atomic mass is 9.93. The molecule has 0 atom stereocenters. The van der Waals surface area contributed by atoms with Gasteiger partial charge in [0, 0.05) is 18.7 Å². The van der Waals surface area contributed by atoms with E-state index < -0.39 is 10.0 Å². The number of hydrogen-bond acceptors (Lipinski definition) is 3. The Bertz CT molecular complexity index is 665. The number of hydrogen-bond donors (Lipinski definition) is 1. The molecule has 1 saturated heterocycles. The van der Waals surface area contributed by atoms with E-state index in [-0.39, 0.29) is 16.2 Å². The highest BCUT2D eigenvalue weighted by Crippen LogP contribution is 2.30. The molecule has 1 amide bonds. The molecule has 0 spiro atoms. The molecule has 21 heavy (non-hydrogen) atoms. The van der Waals surface area contributed by atoms with Gasteiger partial charge in [-0.15, -0.1) is 0 Å². The number of rotatable bonds is 3. The normalized spacial score (nSPS) is 18.0. The second-order valence-corrected chi connectivity index (χ2v) is 7.89. The number of carbonyl (C=O) groups is 1. The fourth-order valence-electron chi connectivity index (χ4n) is 2.71. The molecule has 116 valence electrons. The molecule has 1 fully saturated rings. The third kappa shape index (κ3) is 3.44. The molecule has 1 aliphatic heterocycles. The monoisotopic (exact) mass is 310 g/mol. The van der Waals surface area contributed by atoms with Gasteiger partial charge in [0.2, 0.25) is 10.0 Å². The van der Waals surface area contributed by atoms with E-state index in [9.17, 15) is 13.2 Å². The second-order valence-electron chi connectivity index (χ2n) is 6.36. The molecule has 1 aromatic rings. The van der Waals surface area contributed by atoms with Crippen molar-refractivity contribution in [2.45, 2.75) is 38.5 Å². The van der Waals surface area contributed by atoms with E-state index in [0.29, 0.717) is 30.6 Å². The van der Waals surface area contributed by atoms with E-state index in [2.05, 4.69) is 13.8 Å². The van der Waals surface area contributed by atoms with Crippen molar-refractivity contribution in [3.63, 3.8) is 0 Å². The van der Waals surface area contributed by atoms with Gasteiger partial charge in [-0.3, -0.25) is 4.79 Å². The van der Waals surface area contributed by atoms with Gasteiger partial charge < -0.3 is 4.90 Å². The largest absolute Gasteiger partial charge is 0.338 e. The van der Waals surface area contributed by atoms with E-state index in [1.54, 1.807) is 17.0 Å². The number of primary sulfonamides is 1. The molecule has 0 unspecified atom stereocenters. The summed E-state index contributed by atoms with van der Waals surface area (Å²) in [7, 11) is -3.82. The summed E-state index contributed by atoms with van der Waals surface area (Å²) in [5.74, 6) is -0.131. The summed E-state index contributed by atoms with van der Waals surface area (Å²) in [6.45, 7) is 7.49. The molecule has 2 N–H and O–H groups in total. The van der Waals surface area contributed by atoms with Crippen molar-refractivity contribution in [1.29, 1.82) is 0 Å². The first-order valence-corrected chi connectivity index (χ1v) is 8.64. The Balaban J connectivity index is 2.35. The van der Waals surface area contributed by atoms with Crippen LogP contribution >= 0.6 is 0 Å². The number of amides is 1. The van der Waals surface area contributed by atoms with Crippen LogP contribution in [0.1, 0.15) is 43.1 Å². The first kappa shape index (κ1) is 16.0. The van der Waals surface area contributed by atoms with Crippen LogP contribution in [0.2, 0.25) is 0 Å². The van der Waals surface area contributed by atoms with Gasteiger partial charge in [-0.05, 0) is 36.0 Å². The van der Waals surface area contributed by atoms with Crippen molar-refractivity contribution < 1.29 is 13.2 Å². The SMILES string of the molecule is CCc1ccc(C(=O)N2CCC(C)(C)C2)cc1S(N)(=O)=O. The molecule has 5 nitrogen and oxygen atoms in total. The molecule has 6 heteroatoms. The Hall–Kier alpha value is -1.40. The Morgan fingerprint density at radius 2 is 2.05 bits per heavy atom. The zero-order valence-corrected chi connectivity index (χ0v) is 13.5. The summed E-state index contributed by atoms with van der Waals surface area (Å²) in [6.07, 6.45) is 1.50. The third-order valence-corrected chi connectivity index (χ3v) is 4.96. The molecule has 0 aliphatic carbocycles. The van der Waals surface area contributed by atoms with Crippen LogP contribution in [0, 0.1) is 5.41 Å². The van der Waals surface area contributed by atoms with Crippen molar-refractivity contribution in [2.75, 3.05) is 13.1 Å². The van der Waals surface area contributed by atoms with E-state index in [0.717, 1.165) is 6.42 Å². The number of likely N-dealkylation sites (tertiary alicyclic amines) is 1. The number of benzene rings is 1. The summed E-state index contributed by atoms with van der Waals surface area (Å²) >= 11 is 0. The summed E-state index contributed by atoms with van der Waals surface area (Å²) < 4.78 is 23.3. The molecule has 1 aromatic carbocycles. The van der Waals surface area contributed by atoms with Gasteiger partial charge in [0.25, 0.3) is 5.91 Å². The minimum absolute atomic E-state index is 0.0503. The summed E-state index contributed by atoms with van der Waals surface area (Å²) in [4.78, 5) is 14.3. The molecule has 0 saturated carbocycles. The van der Waals surface area contributed by atoms with Crippen molar-refractivity contribution in [1.82, 2.24) is 4.90 Å². The van der Waals surface area contributed by atoms with Crippen LogP contribution in [0.25, 0.3) is 0 Å². The number of carbonyl (C=O) groups excluding carboxylic acids is 1. The summed E-state index contributed by atoms with van der Waals surface area (Å²) in [5.41, 5.74) is 1.13. The molecule has 0 bridgehead atoms. The summed E-state index contributed by atoms with van der Waals surface area (Å²) in [5, 5.41) is 5.25. The van der Waals surface area contributed by atoms with E-state index in [4.69, 9.17) is 5.14 Å². The van der Waals surface area contributed by atoms with E-state index in [1.807, 2.05) is 6.92 Å². The van der Waals surface area contributed by atoms with Crippen molar-refractivity contribution >= 4 is 15.9 Å². The fraction of sp³-hybridized carbons (Fsp3) is 0.533. The Morgan fingerprint density at radius 1 is 1.38 bits per heavy atom. The van der Waals surface area contributed by atoms with Crippen LogP contribution < -0.4 is 5.14 Å². The van der Waals surface area contributed by atoms with E-state index in [1.165, 1.54) is 6.07 Å². The van der Waals surface area contributed by atoms with Gasteiger partial charge in [0.05, 0.1) is 4.90 Å². The third-order valence-electron chi connectivity index (χ3n) is 3.97. The zero-order chi connectivity index (χ0) is 15.8. The smallest absolute Gasteiger partial charge is 0.253 e. The van der Waals surface area contributed by atoms with Crippen LogP contribution in [0.4, 0.5) is 0 Å². The molecule has 0 radical (unpaired) electrons. The number of nitrogens with zero attached hydrogens (tertiary/aromatic N) is 1. The highest BCUT2D eigenvalue weighted by Gasteiger charge is 2.32. The predicted octanol–water partition coefficient (Wildman–Crippen LogP) is 1.77. The number of sulfonamides is 1. The Kier molecular flexibility index (Phi) is 4.13. The minimum Gasteiger partial charge on any atom is -0.338 e.